The molecule has 1 fully saturated rings. The van der Waals surface area contributed by atoms with Gasteiger partial charge in [-0.3, -0.25) is 9.67 Å². The third-order valence-electron chi connectivity index (χ3n) is 6.18. The minimum absolute atomic E-state index is 0.0790. The minimum Gasteiger partial charge on any atom is -0.477 e. The number of nitrogens with two attached hydrogens (primary N) is 1. The van der Waals surface area contributed by atoms with Crippen LogP contribution >= 0.6 is 0 Å². The van der Waals surface area contributed by atoms with Crippen LogP contribution in [0.15, 0.2) is 24.4 Å². The fraction of sp³-hybridized carbons (Fsp3) is 0.348. The molecule has 158 valence electrons. The molecular formula is C23H24N6O2. The second-order valence-corrected chi connectivity index (χ2v) is 8.47. The van der Waals surface area contributed by atoms with Gasteiger partial charge in [-0.25, -0.2) is 0 Å². The van der Waals surface area contributed by atoms with Crippen LogP contribution in [0.5, 0.6) is 5.88 Å². The molecule has 5 rings (SSSR count). The van der Waals surface area contributed by atoms with Crippen LogP contribution in [0, 0.1) is 30.6 Å². The minimum atomic E-state index is 0.0790. The van der Waals surface area contributed by atoms with Gasteiger partial charge in [-0.2, -0.15) is 15.3 Å². The molecule has 3 heterocycles. The van der Waals surface area contributed by atoms with Gasteiger partial charge in [-0.15, -0.1) is 0 Å². The lowest BCUT2D eigenvalue weighted by Gasteiger charge is -2.16. The molecule has 0 unspecified atom stereocenters. The van der Waals surface area contributed by atoms with Gasteiger partial charge in [0.25, 0.3) is 0 Å². The van der Waals surface area contributed by atoms with Crippen molar-refractivity contribution in [1.82, 2.24) is 19.7 Å². The highest BCUT2D eigenvalue weighted by molar-refractivity contribution is 5.97. The van der Waals surface area contributed by atoms with Crippen LogP contribution in [0.1, 0.15) is 29.5 Å². The molecule has 1 aromatic carbocycles. The van der Waals surface area contributed by atoms with Gasteiger partial charge < -0.3 is 15.2 Å². The third-order valence-corrected chi connectivity index (χ3v) is 6.18. The topological polar surface area (TPSA) is 115 Å². The summed E-state index contributed by atoms with van der Waals surface area (Å²) in [6.45, 7) is 5.18. The third kappa shape index (κ3) is 3.01. The summed E-state index contributed by atoms with van der Waals surface area (Å²) < 4.78 is 13.3. The summed E-state index contributed by atoms with van der Waals surface area (Å²) in [5.74, 6) is 0.909. The molecule has 0 saturated heterocycles. The van der Waals surface area contributed by atoms with Crippen molar-refractivity contribution in [2.75, 3.05) is 26.1 Å². The Morgan fingerprint density at radius 2 is 2.03 bits per heavy atom. The normalized spacial score (nSPS) is 14.8. The van der Waals surface area contributed by atoms with E-state index in [4.69, 9.17) is 20.2 Å². The van der Waals surface area contributed by atoms with Gasteiger partial charge in [-0.1, -0.05) is 6.07 Å². The number of nitriles is 1. The number of aromatic amines is 1. The number of nitrogen functional groups attached to an aromatic ring is 1. The largest absolute Gasteiger partial charge is 0.477 e. The first-order chi connectivity index (χ1) is 15.0. The van der Waals surface area contributed by atoms with E-state index in [0.717, 1.165) is 40.6 Å². The quantitative estimate of drug-likeness (QED) is 0.494. The van der Waals surface area contributed by atoms with Crippen LogP contribution in [-0.4, -0.2) is 40.1 Å². The Morgan fingerprint density at radius 1 is 1.23 bits per heavy atom. The molecule has 31 heavy (non-hydrogen) atoms. The fourth-order valence-corrected chi connectivity index (χ4v) is 4.24. The summed E-state index contributed by atoms with van der Waals surface area (Å²) in [7, 11) is 1.72. The number of ether oxygens (including phenoxy) is 2. The second kappa shape index (κ2) is 7.00. The standard InChI is InChI=1S/C23H24N6O2/c1-13-4-5-18-17(10-26-28-18)19(13)29-20(25)16(9-24)15-8-14(2)22(27-21(15)29)31-12-23(6-7-23)11-30-3/h4-5,8,10H,6-7,11-12,25H2,1-3H3,(H,26,28). The monoisotopic (exact) mass is 416 g/mol. The number of H-pyrrole nitrogens is 1. The average molecular weight is 416 g/mol. The number of aromatic nitrogens is 4. The Balaban J connectivity index is 1.70. The van der Waals surface area contributed by atoms with E-state index < -0.39 is 0 Å². The fourth-order valence-electron chi connectivity index (χ4n) is 4.24. The SMILES string of the molecule is COCC1(COc2nc3c(cc2C)c(C#N)c(N)n3-c2c(C)ccc3[nH]ncc23)CC1. The molecule has 0 bridgehead atoms. The molecule has 1 aliphatic carbocycles. The van der Waals surface area contributed by atoms with Crippen LogP contribution < -0.4 is 10.5 Å². The first-order valence-corrected chi connectivity index (χ1v) is 10.2. The molecule has 1 saturated carbocycles. The van der Waals surface area contributed by atoms with Crippen molar-refractivity contribution in [2.24, 2.45) is 5.41 Å². The molecular weight excluding hydrogens is 392 g/mol. The summed E-state index contributed by atoms with van der Waals surface area (Å²) in [5.41, 5.74) is 11.2. The Kier molecular flexibility index (Phi) is 4.38. The maximum atomic E-state index is 9.82. The van der Waals surface area contributed by atoms with E-state index in [1.54, 1.807) is 13.3 Å². The molecule has 4 aromatic rings. The summed E-state index contributed by atoms with van der Waals surface area (Å²) in [4.78, 5) is 4.84. The maximum absolute atomic E-state index is 9.82. The average Bonchev–Trinajstić information content (AvgIpc) is 3.25. The number of nitrogens with zero attached hydrogens (tertiary/aromatic N) is 4. The number of methoxy groups -OCH3 is 1. The van der Waals surface area contributed by atoms with E-state index in [-0.39, 0.29) is 5.41 Å². The number of benzene rings is 1. The van der Waals surface area contributed by atoms with Gasteiger partial charge in [0.05, 0.1) is 30.6 Å². The van der Waals surface area contributed by atoms with Crippen LogP contribution in [0.25, 0.3) is 27.6 Å². The highest BCUT2D eigenvalue weighted by Gasteiger charge is 2.43. The van der Waals surface area contributed by atoms with Crippen LogP contribution in [-0.2, 0) is 4.74 Å². The van der Waals surface area contributed by atoms with E-state index >= 15 is 0 Å². The number of nitrogens with one attached hydrogen (secondary N) is 1. The highest BCUT2D eigenvalue weighted by atomic mass is 16.5. The molecule has 0 spiro atoms. The first-order valence-electron chi connectivity index (χ1n) is 10.2. The zero-order valence-electron chi connectivity index (χ0n) is 17.8. The van der Waals surface area contributed by atoms with E-state index in [0.29, 0.717) is 41.5 Å². The van der Waals surface area contributed by atoms with Gasteiger partial charge >= 0.3 is 0 Å². The molecule has 0 aliphatic heterocycles. The lowest BCUT2D eigenvalue weighted by molar-refractivity contribution is 0.102. The second-order valence-electron chi connectivity index (χ2n) is 8.47. The predicted octanol–water partition coefficient (Wildman–Crippen LogP) is 3.78. The van der Waals surface area contributed by atoms with Crippen molar-refractivity contribution in [3.05, 3.63) is 41.1 Å². The van der Waals surface area contributed by atoms with Crippen molar-refractivity contribution in [3.8, 4) is 17.6 Å². The number of rotatable bonds is 6. The molecule has 8 nitrogen and oxygen atoms in total. The van der Waals surface area contributed by atoms with Gasteiger partial charge in [0.2, 0.25) is 5.88 Å². The summed E-state index contributed by atoms with van der Waals surface area (Å²) >= 11 is 0. The van der Waals surface area contributed by atoms with E-state index in [1.807, 2.05) is 36.6 Å². The number of aryl methyl sites for hydroxylation is 2. The van der Waals surface area contributed by atoms with Gasteiger partial charge in [0.1, 0.15) is 17.5 Å². The number of hydrogen-bond donors (Lipinski definition) is 2. The number of fused-ring (bicyclic) bond motifs is 2. The van der Waals surface area contributed by atoms with E-state index in [1.165, 1.54) is 0 Å². The zero-order chi connectivity index (χ0) is 21.8. The Bertz CT molecular complexity index is 1360. The number of hydrogen-bond acceptors (Lipinski definition) is 6. The van der Waals surface area contributed by atoms with E-state index in [9.17, 15) is 5.26 Å². The summed E-state index contributed by atoms with van der Waals surface area (Å²) in [6.07, 6.45) is 3.94. The van der Waals surface area contributed by atoms with Crippen LogP contribution in [0.2, 0.25) is 0 Å². The highest BCUT2D eigenvalue weighted by Crippen LogP contribution is 2.46. The van der Waals surface area contributed by atoms with Crippen LogP contribution in [0.3, 0.4) is 0 Å². The smallest absolute Gasteiger partial charge is 0.218 e. The Labute approximate surface area is 179 Å². The van der Waals surface area contributed by atoms with Gasteiger partial charge in [0.15, 0.2) is 5.65 Å². The van der Waals surface area contributed by atoms with Crippen molar-refractivity contribution in [1.29, 1.82) is 5.26 Å². The Morgan fingerprint density at radius 3 is 2.74 bits per heavy atom. The molecule has 1 aliphatic rings. The predicted molar refractivity (Wildman–Crippen MR) is 118 cm³/mol. The van der Waals surface area contributed by atoms with Crippen molar-refractivity contribution < 1.29 is 9.47 Å². The van der Waals surface area contributed by atoms with E-state index in [2.05, 4.69) is 16.3 Å². The molecule has 0 radical (unpaired) electrons. The molecule has 0 amide bonds. The lowest BCUT2D eigenvalue weighted by Crippen LogP contribution is -2.19. The van der Waals surface area contributed by atoms with Gasteiger partial charge in [-0.05, 0) is 44.4 Å². The van der Waals surface area contributed by atoms with Gasteiger partial charge in [0, 0.05) is 28.9 Å². The van der Waals surface area contributed by atoms with Crippen molar-refractivity contribution in [2.45, 2.75) is 26.7 Å². The van der Waals surface area contributed by atoms with Crippen molar-refractivity contribution in [3.63, 3.8) is 0 Å². The lowest BCUT2D eigenvalue weighted by atomic mass is 10.1. The zero-order valence-corrected chi connectivity index (χ0v) is 17.8. The molecule has 0 atom stereocenters. The van der Waals surface area contributed by atoms with Crippen molar-refractivity contribution >= 4 is 27.8 Å². The summed E-state index contributed by atoms with van der Waals surface area (Å²) in [5, 5.41) is 18.6. The molecule has 8 heteroatoms. The summed E-state index contributed by atoms with van der Waals surface area (Å²) in [6, 6.07) is 8.16. The number of anilines is 1. The molecule has 3 N–H and O–H groups in total. The van der Waals surface area contributed by atoms with Crippen LogP contribution in [0.4, 0.5) is 5.82 Å². The first kappa shape index (κ1) is 19.4. The number of pyridine rings is 1. The maximum Gasteiger partial charge on any atom is 0.218 e. The Hall–Kier alpha value is -3.57. The molecule has 3 aromatic heterocycles.